The van der Waals surface area contributed by atoms with Crippen LogP contribution in [0, 0.1) is 59.3 Å². The van der Waals surface area contributed by atoms with Gasteiger partial charge in [0.05, 0.1) is 0 Å². The minimum Gasteiger partial charge on any atom is 2.00 e. The first-order chi connectivity index (χ1) is 5.97. The zero-order valence-corrected chi connectivity index (χ0v) is 10.0. The summed E-state index contributed by atoms with van der Waals surface area (Å²) in [6.07, 6.45) is 0. The summed E-state index contributed by atoms with van der Waals surface area (Å²) in [5, 5.41) is 51.6. The van der Waals surface area contributed by atoms with Crippen LogP contribution in [-0.2, 0) is 29.7 Å². The molecule has 0 spiro atoms. The molecule has 0 aromatic carbocycles. The maximum absolute atomic E-state index is 8.60. The number of nitriles is 6. The van der Waals surface area contributed by atoms with Crippen LogP contribution in [0.3, 0.4) is 0 Å². The van der Waals surface area contributed by atoms with E-state index >= 15 is 0 Å². The van der Waals surface area contributed by atoms with Gasteiger partial charge in [-0.25, -0.2) is 0 Å². The first kappa shape index (κ1) is 14.6. The Morgan fingerprint density at radius 1 is 0.500 bits per heavy atom. The summed E-state index contributed by atoms with van der Waals surface area (Å²) in [7, 11) is 0. The fourth-order valence-electron chi connectivity index (χ4n) is 0.265. The molecule has 0 aliphatic rings. The zero-order chi connectivity index (χ0) is 10.7. The normalized spacial score (nSPS) is 12.4. The third kappa shape index (κ3) is 1.06. The maximum Gasteiger partial charge on any atom is 2.00 e. The van der Waals surface area contributed by atoms with Crippen LogP contribution >= 0.6 is 0 Å². The second-order valence-corrected chi connectivity index (χ2v) is 14.7. The second kappa shape index (κ2) is 3.10. The van der Waals surface area contributed by atoms with E-state index in [9.17, 15) is 0 Å². The zero-order valence-electron chi connectivity index (χ0n) is 6.39. The van der Waals surface area contributed by atoms with Crippen molar-refractivity contribution in [2.45, 2.75) is 0 Å². The average Bonchev–Trinajstić information content (AvgIpc) is 2.26. The topological polar surface area (TPSA) is 143 Å². The Bertz CT molecular complexity index is 392. The van der Waals surface area contributed by atoms with Crippen molar-refractivity contribution in [3.8, 4) is 27.7 Å². The molecule has 0 heterocycles. The SMILES string of the molecule is N#[C][Os-2]([C]#N)([C]#N)([C]#N)([C]#N)[C]#N.[Fe+2]. The fraction of sp³-hybridized carbons (Fsp3) is 0. The molecule has 70 valence electrons. The molecule has 14 heavy (non-hydrogen) atoms. The molecule has 0 fully saturated rings. The molecule has 0 aromatic heterocycles. The van der Waals surface area contributed by atoms with E-state index in [1.165, 1.54) is 0 Å². The molecule has 6 nitrogen and oxygen atoms in total. The van der Waals surface area contributed by atoms with Crippen LogP contribution in [-0.4, -0.2) is 0 Å². The Labute approximate surface area is 88.9 Å². The van der Waals surface area contributed by atoms with Gasteiger partial charge in [-0.1, -0.05) is 0 Å². The van der Waals surface area contributed by atoms with Gasteiger partial charge in [0.2, 0.25) is 0 Å². The Morgan fingerprint density at radius 3 is 0.643 bits per heavy atom. The predicted molar refractivity (Wildman–Crippen MR) is 33.7 cm³/mol. The molecule has 0 unspecified atom stereocenters. The summed E-state index contributed by atoms with van der Waals surface area (Å²) >= 11 is -6.75. The first-order valence-electron chi connectivity index (χ1n) is 2.40. The van der Waals surface area contributed by atoms with Crippen LogP contribution < -0.4 is 0 Å². The fourth-order valence-corrected chi connectivity index (χ4v) is 2.17. The molecule has 0 saturated carbocycles. The smallest absolute Gasteiger partial charge is 2.00 e. The quantitative estimate of drug-likeness (QED) is 0.526. The summed E-state index contributed by atoms with van der Waals surface area (Å²) in [4.78, 5) is 0. The van der Waals surface area contributed by atoms with Gasteiger partial charge in [-0.2, -0.15) is 0 Å². The molecule has 0 aliphatic heterocycles. The monoisotopic (exact) mass is 404 g/mol. The molecule has 0 atom stereocenters. The Hall–Kier alpha value is -1.90. The van der Waals surface area contributed by atoms with Gasteiger partial charge in [0.15, 0.2) is 0 Å². The van der Waals surface area contributed by atoms with Crippen LogP contribution in [0.4, 0.5) is 0 Å². The standard InChI is InChI=1S/6CN.Fe.Os/c6*1-2;;/q;;;;;;+2;-2. The maximum atomic E-state index is 8.60. The van der Waals surface area contributed by atoms with E-state index < -0.39 is 12.6 Å². The number of rotatable bonds is 0. The van der Waals surface area contributed by atoms with E-state index in [4.69, 9.17) is 31.6 Å². The van der Waals surface area contributed by atoms with Crippen LogP contribution in [0.15, 0.2) is 0 Å². The van der Waals surface area contributed by atoms with Crippen molar-refractivity contribution in [1.82, 2.24) is 0 Å². The van der Waals surface area contributed by atoms with Gasteiger partial charge >= 0.3 is 89.0 Å². The number of hydrogen-bond donors (Lipinski definition) is 0. The molecule has 0 aromatic rings. The second-order valence-electron chi connectivity index (χ2n) is 1.80. The van der Waals surface area contributed by atoms with E-state index in [1.807, 2.05) is 0 Å². The predicted octanol–water partition coefficient (Wildman–Crippen LogP) is 0.0957. The van der Waals surface area contributed by atoms with E-state index in [0.29, 0.717) is 0 Å². The van der Waals surface area contributed by atoms with Gasteiger partial charge in [0.25, 0.3) is 0 Å². The summed E-state index contributed by atoms with van der Waals surface area (Å²) in [5.74, 6) is 0. The van der Waals surface area contributed by atoms with E-state index in [1.54, 1.807) is 0 Å². The van der Waals surface area contributed by atoms with E-state index in [-0.39, 0.29) is 17.1 Å². The molecular weight excluding hydrogens is 402 g/mol. The third-order valence-electron chi connectivity index (χ3n) is 1.19. The Morgan fingerprint density at radius 2 is 0.643 bits per heavy atom. The summed E-state index contributed by atoms with van der Waals surface area (Å²) < 4.78 is 6.47. The Kier molecular flexibility index (Phi) is 3.24. The van der Waals surface area contributed by atoms with Crippen molar-refractivity contribution in [3.63, 3.8) is 0 Å². The molecule has 8 heteroatoms. The molecule has 0 aliphatic carbocycles. The van der Waals surface area contributed by atoms with Crippen molar-refractivity contribution >= 4 is 0 Å². The van der Waals surface area contributed by atoms with E-state index in [0.717, 1.165) is 27.7 Å². The van der Waals surface area contributed by atoms with Gasteiger partial charge in [0.1, 0.15) is 0 Å². The summed E-state index contributed by atoms with van der Waals surface area (Å²) in [6.45, 7) is 0. The Balaban J connectivity index is 0. The molecule has 0 rings (SSSR count). The number of hydrogen-bond acceptors (Lipinski definition) is 6. The van der Waals surface area contributed by atoms with Crippen molar-refractivity contribution in [1.29, 1.82) is 31.6 Å². The first-order valence-corrected chi connectivity index (χ1v) is 10.0. The van der Waals surface area contributed by atoms with Crippen molar-refractivity contribution in [2.24, 2.45) is 0 Å². The van der Waals surface area contributed by atoms with Crippen molar-refractivity contribution in [3.05, 3.63) is 0 Å². The number of nitrogens with zero attached hydrogens (tertiary/aromatic N) is 6. The van der Waals surface area contributed by atoms with Crippen molar-refractivity contribution in [2.75, 3.05) is 0 Å². The van der Waals surface area contributed by atoms with Crippen LogP contribution in [0.2, 0.25) is 0 Å². The van der Waals surface area contributed by atoms with Crippen LogP contribution in [0.5, 0.6) is 0 Å². The van der Waals surface area contributed by atoms with Gasteiger partial charge < -0.3 is 0 Å². The van der Waals surface area contributed by atoms with Crippen LogP contribution in [0.25, 0.3) is 0 Å². The third-order valence-corrected chi connectivity index (χ3v) is 9.71. The minimum absolute atomic E-state index is 0. The largest absolute Gasteiger partial charge is 2.00 e. The summed E-state index contributed by atoms with van der Waals surface area (Å²) in [5.41, 5.74) is 0. The van der Waals surface area contributed by atoms with Gasteiger partial charge in [-0.05, 0) is 0 Å². The van der Waals surface area contributed by atoms with Gasteiger partial charge in [-0.3, -0.25) is 0 Å². The average molecular weight is 402 g/mol. The molecule has 0 radical (unpaired) electrons. The van der Waals surface area contributed by atoms with Crippen LogP contribution in [0.1, 0.15) is 0 Å². The van der Waals surface area contributed by atoms with Crippen molar-refractivity contribution < 1.29 is 29.7 Å². The molecule has 0 saturated heterocycles. The van der Waals surface area contributed by atoms with Gasteiger partial charge in [-0.15, -0.1) is 0 Å². The molecule has 0 N–H and O–H groups in total. The molecule has 0 amide bonds. The van der Waals surface area contributed by atoms with E-state index in [2.05, 4.69) is 0 Å². The molecule has 0 bridgehead atoms. The molecular formula is C6FeN6Os. The van der Waals surface area contributed by atoms with Gasteiger partial charge in [0, 0.05) is 0 Å². The summed E-state index contributed by atoms with van der Waals surface area (Å²) in [6, 6.07) is 0. The minimum atomic E-state index is -6.75.